The zero-order valence-corrected chi connectivity index (χ0v) is 15.5. The second kappa shape index (κ2) is 6.01. The summed E-state index contributed by atoms with van der Waals surface area (Å²) < 4.78 is 5.51. The molecule has 0 bridgehead atoms. The van der Waals surface area contributed by atoms with Crippen LogP contribution in [0.3, 0.4) is 0 Å². The molecule has 0 aromatic carbocycles. The van der Waals surface area contributed by atoms with E-state index in [0.29, 0.717) is 18.3 Å². The Morgan fingerprint density at radius 1 is 1.32 bits per heavy atom. The first-order chi connectivity index (χ1) is 12.0. The number of nitrogens with zero attached hydrogens (tertiary/aromatic N) is 1. The Morgan fingerprint density at radius 3 is 2.92 bits per heavy atom. The first-order valence-corrected chi connectivity index (χ1v) is 9.90. The van der Waals surface area contributed by atoms with E-state index in [1.807, 2.05) is 0 Å². The number of esters is 1. The smallest absolute Gasteiger partial charge is 0.302 e. The highest BCUT2D eigenvalue weighted by atomic mass is 16.5. The van der Waals surface area contributed by atoms with Gasteiger partial charge in [0.15, 0.2) is 0 Å². The Hall–Kier alpha value is -1.56. The molecule has 0 aromatic heterocycles. The van der Waals surface area contributed by atoms with E-state index in [-0.39, 0.29) is 22.9 Å². The number of ether oxygens (including phenoxy) is 1. The van der Waals surface area contributed by atoms with Gasteiger partial charge in [-0.2, -0.15) is 5.26 Å². The quantitative estimate of drug-likeness (QED) is 0.529. The van der Waals surface area contributed by atoms with Crippen LogP contribution in [0, 0.1) is 39.9 Å². The van der Waals surface area contributed by atoms with Gasteiger partial charge in [-0.3, -0.25) is 4.79 Å². The van der Waals surface area contributed by atoms with Crippen molar-refractivity contribution in [1.82, 2.24) is 0 Å². The fourth-order valence-corrected chi connectivity index (χ4v) is 6.70. The first-order valence-electron chi connectivity index (χ1n) is 9.90. The van der Waals surface area contributed by atoms with E-state index in [4.69, 9.17) is 4.74 Å². The maximum Gasteiger partial charge on any atom is 0.302 e. The van der Waals surface area contributed by atoms with Crippen LogP contribution in [-0.4, -0.2) is 12.1 Å². The van der Waals surface area contributed by atoms with E-state index in [1.165, 1.54) is 25.3 Å². The summed E-state index contributed by atoms with van der Waals surface area (Å²) in [4.78, 5) is 11.3. The molecule has 6 atom stereocenters. The minimum atomic E-state index is -0.154. The van der Waals surface area contributed by atoms with E-state index in [9.17, 15) is 10.1 Å². The summed E-state index contributed by atoms with van der Waals surface area (Å²) in [6.07, 6.45) is 15.7. The molecular formula is C22H29NO2. The molecule has 4 aliphatic rings. The second-order valence-electron chi connectivity index (χ2n) is 8.98. The van der Waals surface area contributed by atoms with E-state index < -0.39 is 0 Å². The highest BCUT2D eigenvalue weighted by molar-refractivity contribution is 5.66. The fraction of sp³-hybridized carbons (Fsp3) is 0.727. The van der Waals surface area contributed by atoms with Crippen molar-refractivity contribution in [2.45, 2.75) is 71.3 Å². The molecule has 2 fully saturated rings. The minimum Gasteiger partial charge on any atom is -0.462 e. The fourth-order valence-electron chi connectivity index (χ4n) is 6.70. The Bertz CT molecular complexity index is 672. The lowest BCUT2D eigenvalue weighted by atomic mass is 9.47. The molecule has 0 radical (unpaired) electrons. The molecule has 0 aromatic rings. The van der Waals surface area contributed by atoms with E-state index >= 15 is 0 Å². The monoisotopic (exact) mass is 339 g/mol. The maximum absolute atomic E-state index is 11.3. The van der Waals surface area contributed by atoms with Gasteiger partial charge < -0.3 is 4.74 Å². The third-order valence-corrected chi connectivity index (χ3v) is 7.90. The van der Waals surface area contributed by atoms with Crippen LogP contribution < -0.4 is 0 Å². The van der Waals surface area contributed by atoms with Crippen LogP contribution in [-0.2, 0) is 9.53 Å². The topological polar surface area (TPSA) is 50.1 Å². The first kappa shape index (κ1) is 16.9. The van der Waals surface area contributed by atoms with Gasteiger partial charge >= 0.3 is 5.97 Å². The van der Waals surface area contributed by atoms with Crippen LogP contribution >= 0.6 is 0 Å². The Kier molecular flexibility index (Phi) is 4.06. The van der Waals surface area contributed by atoms with Crippen LogP contribution in [0.25, 0.3) is 0 Å². The molecule has 3 heteroatoms. The van der Waals surface area contributed by atoms with Crippen LogP contribution in [0.2, 0.25) is 0 Å². The van der Waals surface area contributed by atoms with Crippen molar-refractivity contribution >= 4 is 5.97 Å². The van der Waals surface area contributed by atoms with Crippen molar-refractivity contribution < 1.29 is 9.53 Å². The molecule has 0 spiro atoms. The molecule has 0 amide bonds. The second-order valence-corrected chi connectivity index (χ2v) is 8.98. The van der Waals surface area contributed by atoms with Gasteiger partial charge in [0.05, 0.1) is 6.07 Å². The van der Waals surface area contributed by atoms with Gasteiger partial charge in [0.1, 0.15) is 6.10 Å². The van der Waals surface area contributed by atoms with Crippen molar-refractivity contribution in [2.75, 3.05) is 0 Å². The molecule has 3 nitrogen and oxygen atoms in total. The normalized spacial score (nSPS) is 44.8. The molecule has 2 saturated carbocycles. The Morgan fingerprint density at radius 2 is 2.16 bits per heavy atom. The summed E-state index contributed by atoms with van der Waals surface area (Å²) >= 11 is 0. The van der Waals surface area contributed by atoms with Gasteiger partial charge in [0, 0.05) is 25.2 Å². The van der Waals surface area contributed by atoms with E-state index in [2.05, 4.69) is 31.2 Å². The molecule has 0 unspecified atom stereocenters. The molecule has 4 aliphatic carbocycles. The summed E-state index contributed by atoms with van der Waals surface area (Å²) in [5.74, 6) is 1.92. The molecule has 0 saturated heterocycles. The minimum absolute atomic E-state index is 0.0720. The van der Waals surface area contributed by atoms with Crippen LogP contribution in [0.15, 0.2) is 23.8 Å². The largest absolute Gasteiger partial charge is 0.462 e. The number of hydrogen-bond donors (Lipinski definition) is 0. The average Bonchev–Trinajstić information content (AvgIpc) is 2.99. The van der Waals surface area contributed by atoms with Gasteiger partial charge in [-0.05, 0) is 61.7 Å². The van der Waals surface area contributed by atoms with Crippen LogP contribution in [0.5, 0.6) is 0 Å². The maximum atomic E-state index is 11.3. The molecular weight excluding hydrogens is 310 g/mol. The summed E-state index contributed by atoms with van der Waals surface area (Å²) in [6.45, 7) is 3.97. The average molecular weight is 339 g/mol. The van der Waals surface area contributed by atoms with Gasteiger partial charge in [-0.25, -0.2) is 0 Å². The third-order valence-electron chi connectivity index (χ3n) is 7.90. The predicted molar refractivity (Wildman–Crippen MR) is 96.3 cm³/mol. The number of fused-ring (bicyclic) bond motifs is 5. The summed E-state index contributed by atoms with van der Waals surface area (Å²) in [5.41, 5.74) is 1.94. The predicted octanol–water partition coefficient (Wildman–Crippen LogP) is 4.94. The number of carbonyl (C=O) groups is 1. The summed E-state index contributed by atoms with van der Waals surface area (Å²) in [6, 6.07) is 2.47. The number of nitriles is 1. The van der Waals surface area contributed by atoms with Crippen LogP contribution in [0.1, 0.15) is 65.2 Å². The van der Waals surface area contributed by atoms with Crippen molar-refractivity contribution in [1.29, 1.82) is 5.26 Å². The van der Waals surface area contributed by atoms with Crippen molar-refractivity contribution in [3.8, 4) is 6.07 Å². The number of allylic oxidation sites excluding steroid dienone is 3. The molecule has 0 aliphatic heterocycles. The van der Waals surface area contributed by atoms with Gasteiger partial charge in [-0.1, -0.05) is 30.7 Å². The van der Waals surface area contributed by atoms with E-state index in [0.717, 1.165) is 38.0 Å². The number of hydrogen-bond acceptors (Lipinski definition) is 3. The molecule has 25 heavy (non-hydrogen) atoms. The Labute approximate surface area is 151 Å². The summed E-state index contributed by atoms with van der Waals surface area (Å²) in [7, 11) is 0. The van der Waals surface area contributed by atoms with E-state index in [1.54, 1.807) is 0 Å². The zero-order valence-electron chi connectivity index (χ0n) is 15.5. The van der Waals surface area contributed by atoms with Crippen LogP contribution in [0.4, 0.5) is 0 Å². The Balaban J connectivity index is 1.59. The molecule has 0 N–H and O–H groups in total. The van der Waals surface area contributed by atoms with Gasteiger partial charge in [-0.15, -0.1) is 0 Å². The van der Waals surface area contributed by atoms with Crippen molar-refractivity contribution in [3.05, 3.63) is 23.8 Å². The number of rotatable bonds is 2. The SMILES string of the molecule is CC(=O)O[C@H]1CC[C@@]2(C)C(=CC[C@H]3[C@@H]4CC=C[C@@]4(CC#N)CC[C@@H]32)C1. The lowest BCUT2D eigenvalue weighted by molar-refractivity contribution is -0.148. The van der Waals surface area contributed by atoms with Gasteiger partial charge in [0.2, 0.25) is 0 Å². The summed E-state index contributed by atoms with van der Waals surface area (Å²) in [5, 5.41) is 9.36. The van der Waals surface area contributed by atoms with Gasteiger partial charge in [0.25, 0.3) is 0 Å². The standard InChI is InChI=1S/C22H29NO2/c1-15(24)25-17-7-10-21(2)16(14-17)5-6-18-19(21)8-11-22(12-13-23)9-3-4-20(18)22/h3,5,9,17-20H,4,6-8,10-12,14H2,1-2H3/t17-,18+,19-,20-,21-,22-/m0/s1. The lowest BCUT2D eigenvalue weighted by Gasteiger charge is -2.57. The molecule has 134 valence electrons. The highest BCUT2D eigenvalue weighted by Crippen LogP contribution is 2.64. The number of carbonyl (C=O) groups excluding carboxylic acids is 1. The molecule has 0 heterocycles. The van der Waals surface area contributed by atoms with Crippen molar-refractivity contribution in [3.63, 3.8) is 0 Å². The molecule has 4 rings (SSSR count). The highest BCUT2D eigenvalue weighted by Gasteiger charge is 2.56. The zero-order chi connectivity index (χ0) is 17.7. The van der Waals surface area contributed by atoms with Crippen molar-refractivity contribution in [2.24, 2.45) is 28.6 Å². The third kappa shape index (κ3) is 2.57. The lowest BCUT2D eigenvalue weighted by Crippen LogP contribution is -2.50.